The summed E-state index contributed by atoms with van der Waals surface area (Å²) in [7, 11) is 0. The van der Waals surface area contributed by atoms with Crippen molar-refractivity contribution < 1.29 is 9.59 Å². The first-order valence-electron chi connectivity index (χ1n) is 8.66. The third-order valence-corrected chi connectivity index (χ3v) is 3.88. The highest BCUT2D eigenvalue weighted by atomic mass is 32.1. The van der Waals surface area contributed by atoms with Crippen LogP contribution >= 0.6 is 12.2 Å². The first-order valence-corrected chi connectivity index (χ1v) is 9.06. The summed E-state index contributed by atoms with van der Waals surface area (Å²) in [6, 6.07) is 16.2. The van der Waals surface area contributed by atoms with E-state index in [-0.39, 0.29) is 16.9 Å². The number of carbonyl (C=O) groups is 2. The van der Waals surface area contributed by atoms with Crippen LogP contribution in [0.5, 0.6) is 0 Å². The van der Waals surface area contributed by atoms with E-state index in [1.165, 1.54) is 0 Å². The van der Waals surface area contributed by atoms with Crippen LogP contribution in [-0.4, -0.2) is 16.9 Å². The normalized spacial score (nSPS) is 10.0. The van der Waals surface area contributed by atoms with Crippen molar-refractivity contribution in [3.05, 3.63) is 60.2 Å². The van der Waals surface area contributed by atoms with E-state index >= 15 is 0 Å². The van der Waals surface area contributed by atoms with Gasteiger partial charge in [0.25, 0.3) is 5.91 Å². The molecule has 0 heterocycles. The molecule has 0 radical (unpaired) electrons. The fourth-order valence-corrected chi connectivity index (χ4v) is 2.58. The van der Waals surface area contributed by atoms with Crippen LogP contribution in [0.25, 0.3) is 0 Å². The highest BCUT2D eigenvalue weighted by molar-refractivity contribution is 7.80. The highest BCUT2D eigenvalue weighted by Gasteiger charge is 2.08. The summed E-state index contributed by atoms with van der Waals surface area (Å²) in [5.74, 6) is -0.316. The molecule has 0 fully saturated rings. The molecule has 5 nitrogen and oxygen atoms in total. The monoisotopic (exact) mass is 369 g/mol. The third-order valence-electron chi connectivity index (χ3n) is 3.67. The summed E-state index contributed by atoms with van der Waals surface area (Å²) in [5, 5.41) is 8.66. The lowest BCUT2D eigenvalue weighted by molar-refractivity contribution is -0.119. The molecule has 0 aliphatic rings. The number of hydrogen-bond acceptors (Lipinski definition) is 3. The van der Waals surface area contributed by atoms with Crippen LogP contribution in [0.4, 0.5) is 11.4 Å². The van der Waals surface area contributed by atoms with Crippen molar-refractivity contribution in [2.24, 2.45) is 0 Å². The van der Waals surface area contributed by atoms with Crippen LogP contribution < -0.4 is 16.0 Å². The van der Waals surface area contributed by atoms with Crippen LogP contribution in [0.3, 0.4) is 0 Å². The summed E-state index contributed by atoms with van der Waals surface area (Å²) in [4.78, 5) is 24.1. The molecule has 26 heavy (non-hydrogen) atoms. The van der Waals surface area contributed by atoms with E-state index < -0.39 is 0 Å². The van der Waals surface area contributed by atoms with E-state index in [0.29, 0.717) is 17.7 Å². The first-order chi connectivity index (χ1) is 12.6. The predicted molar refractivity (Wildman–Crippen MR) is 109 cm³/mol. The zero-order valence-corrected chi connectivity index (χ0v) is 15.6. The molecule has 0 aliphatic carbocycles. The van der Waals surface area contributed by atoms with Crippen molar-refractivity contribution in [3.63, 3.8) is 0 Å². The Morgan fingerprint density at radius 1 is 0.923 bits per heavy atom. The molecule has 6 heteroatoms. The van der Waals surface area contributed by atoms with E-state index in [1.807, 2.05) is 30.3 Å². The van der Waals surface area contributed by atoms with E-state index in [0.717, 1.165) is 24.9 Å². The van der Waals surface area contributed by atoms with E-state index in [4.69, 9.17) is 12.2 Å². The lowest BCUT2D eigenvalue weighted by atomic mass is 10.2. The maximum atomic E-state index is 12.3. The summed E-state index contributed by atoms with van der Waals surface area (Å²) < 4.78 is 0. The number of rotatable bonds is 7. The van der Waals surface area contributed by atoms with Gasteiger partial charge in [0.1, 0.15) is 0 Å². The van der Waals surface area contributed by atoms with E-state index in [1.54, 1.807) is 24.3 Å². The van der Waals surface area contributed by atoms with Gasteiger partial charge in [-0.15, -0.1) is 0 Å². The smallest absolute Gasteiger partial charge is 0.255 e. The van der Waals surface area contributed by atoms with Crippen molar-refractivity contribution >= 4 is 40.5 Å². The van der Waals surface area contributed by atoms with Gasteiger partial charge in [-0.3, -0.25) is 9.59 Å². The zero-order valence-electron chi connectivity index (χ0n) is 14.7. The third kappa shape index (κ3) is 6.64. The quantitative estimate of drug-likeness (QED) is 0.502. The number of para-hydroxylation sites is 1. The second-order valence-corrected chi connectivity index (χ2v) is 6.27. The van der Waals surface area contributed by atoms with Gasteiger partial charge in [0.15, 0.2) is 5.11 Å². The predicted octanol–water partition coefficient (Wildman–Crippen LogP) is 4.33. The number of hydrogen-bond donors (Lipinski definition) is 3. The van der Waals surface area contributed by atoms with Crippen LogP contribution in [0.2, 0.25) is 0 Å². The molecule has 0 saturated carbocycles. The molecule has 3 N–H and O–H groups in total. The largest absolute Gasteiger partial charge is 0.332 e. The van der Waals surface area contributed by atoms with Gasteiger partial charge in [-0.1, -0.05) is 44.0 Å². The van der Waals surface area contributed by atoms with Gasteiger partial charge in [0, 0.05) is 23.4 Å². The Morgan fingerprint density at radius 3 is 2.38 bits per heavy atom. The second kappa shape index (κ2) is 10.3. The maximum absolute atomic E-state index is 12.3. The van der Waals surface area contributed by atoms with Gasteiger partial charge in [-0.05, 0) is 49.0 Å². The molecule has 2 aromatic rings. The molecule has 0 bridgehead atoms. The van der Waals surface area contributed by atoms with Crippen LogP contribution in [0, 0.1) is 0 Å². The molecule has 2 amide bonds. The van der Waals surface area contributed by atoms with Crippen molar-refractivity contribution in [3.8, 4) is 0 Å². The lowest BCUT2D eigenvalue weighted by Crippen LogP contribution is -2.33. The summed E-state index contributed by atoms with van der Waals surface area (Å²) in [6.45, 7) is 2.09. The van der Waals surface area contributed by atoms with Gasteiger partial charge in [-0.25, -0.2) is 0 Å². The topological polar surface area (TPSA) is 70.2 Å². The molecule has 2 aromatic carbocycles. The number of nitrogens with one attached hydrogen (secondary N) is 3. The van der Waals surface area contributed by atoms with Crippen molar-refractivity contribution in [2.45, 2.75) is 32.6 Å². The number of benzene rings is 2. The first kappa shape index (κ1) is 19.6. The van der Waals surface area contributed by atoms with Crippen molar-refractivity contribution in [1.29, 1.82) is 0 Å². The van der Waals surface area contributed by atoms with Crippen molar-refractivity contribution in [2.75, 3.05) is 10.6 Å². The summed E-state index contributed by atoms with van der Waals surface area (Å²) >= 11 is 5.16. The molecule has 136 valence electrons. The molecule has 0 spiro atoms. The number of unbranched alkanes of at least 4 members (excludes halogenated alkanes) is 2. The molecular formula is C20H23N3O2S. The Hall–Kier alpha value is -2.73. The van der Waals surface area contributed by atoms with Gasteiger partial charge in [0.05, 0.1) is 0 Å². The van der Waals surface area contributed by atoms with E-state index in [2.05, 4.69) is 22.9 Å². The minimum atomic E-state index is -0.214. The standard InChI is InChI=1S/C20H23N3O2S/c1-2-3-5-13-18(24)23-20(26)22-17-12-8-9-15(14-17)19(25)21-16-10-6-4-7-11-16/h4,6-12,14H,2-3,5,13H2,1H3,(H,21,25)(H2,22,23,24,26). The number of anilines is 2. The average Bonchev–Trinajstić information content (AvgIpc) is 2.63. The zero-order chi connectivity index (χ0) is 18.8. The summed E-state index contributed by atoms with van der Waals surface area (Å²) in [5.41, 5.74) is 1.87. The molecular weight excluding hydrogens is 346 g/mol. The van der Waals surface area contributed by atoms with Crippen molar-refractivity contribution in [1.82, 2.24) is 5.32 Å². The van der Waals surface area contributed by atoms with Crippen LogP contribution in [-0.2, 0) is 4.79 Å². The number of amides is 2. The van der Waals surface area contributed by atoms with Gasteiger partial charge in [0.2, 0.25) is 5.91 Å². The Balaban J connectivity index is 1.90. The molecule has 0 atom stereocenters. The van der Waals surface area contributed by atoms with Crippen LogP contribution in [0.15, 0.2) is 54.6 Å². The fourth-order valence-electron chi connectivity index (χ4n) is 2.35. The number of carbonyl (C=O) groups excluding carboxylic acids is 2. The van der Waals surface area contributed by atoms with E-state index in [9.17, 15) is 9.59 Å². The lowest BCUT2D eigenvalue weighted by Gasteiger charge is -2.11. The molecule has 0 aromatic heterocycles. The highest BCUT2D eigenvalue weighted by Crippen LogP contribution is 2.13. The van der Waals surface area contributed by atoms with Gasteiger partial charge >= 0.3 is 0 Å². The SMILES string of the molecule is CCCCCC(=O)NC(=S)Nc1cccc(C(=O)Nc2ccccc2)c1. The Morgan fingerprint density at radius 2 is 1.65 bits per heavy atom. The Bertz CT molecular complexity index is 763. The van der Waals surface area contributed by atoms with Gasteiger partial charge < -0.3 is 16.0 Å². The molecule has 0 aliphatic heterocycles. The molecule has 0 unspecified atom stereocenters. The minimum Gasteiger partial charge on any atom is -0.332 e. The second-order valence-electron chi connectivity index (χ2n) is 5.86. The Labute approximate surface area is 159 Å². The molecule has 2 rings (SSSR count). The minimum absolute atomic E-state index is 0.103. The maximum Gasteiger partial charge on any atom is 0.255 e. The summed E-state index contributed by atoms with van der Waals surface area (Å²) in [6.07, 6.45) is 3.38. The average molecular weight is 369 g/mol. The molecule has 0 saturated heterocycles. The van der Waals surface area contributed by atoms with Gasteiger partial charge in [-0.2, -0.15) is 0 Å². The Kier molecular flexibility index (Phi) is 7.76. The van der Waals surface area contributed by atoms with Crippen LogP contribution in [0.1, 0.15) is 43.0 Å². The fraction of sp³-hybridized carbons (Fsp3) is 0.250. The number of thiocarbonyl (C=S) groups is 1.